The third kappa shape index (κ3) is 8.63. The van der Waals surface area contributed by atoms with E-state index < -0.39 is 17.1 Å². The van der Waals surface area contributed by atoms with Crippen LogP contribution in [0.1, 0.15) is 26.7 Å². The summed E-state index contributed by atoms with van der Waals surface area (Å²) in [6, 6.07) is 42.1. The Hall–Kier alpha value is -6.03. The first kappa shape index (κ1) is 35.8. The number of rotatable bonds is 12. The fourth-order valence-corrected chi connectivity index (χ4v) is 6.75. The number of thioether (sulfide) groups is 1. The number of nitrogens with one attached hydrogen (secondary N) is 3. The molecule has 260 valence electrons. The summed E-state index contributed by atoms with van der Waals surface area (Å²) in [7, 11) is 3.01. The molecule has 0 bridgehead atoms. The number of hydrogen-bond acceptors (Lipinski definition) is 6. The van der Waals surface area contributed by atoms with E-state index in [-0.39, 0.29) is 11.6 Å². The summed E-state index contributed by atoms with van der Waals surface area (Å²) >= 11 is 7.71. The van der Waals surface area contributed by atoms with E-state index in [0.717, 1.165) is 26.8 Å². The molecule has 8 nitrogen and oxygen atoms in total. The van der Waals surface area contributed by atoms with E-state index in [1.807, 2.05) is 91.0 Å². The number of hydrogen-bond donors (Lipinski definition) is 3. The van der Waals surface area contributed by atoms with Crippen LogP contribution in [-0.4, -0.2) is 31.9 Å². The average molecular weight is 728 g/mol. The molecular formula is C42H34ClN3O5S. The number of halogens is 1. The van der Waals surface area contributed by atoms with Crippen LogP contribution in [0.15, 0.2) is 150 Å². The number of anilines is 2. The van der Waals surface area contributed by atoms with Gasteiger partial charge in [0.05, 0.1) is 24.9 Å². The molecule has 1 unspecified atom stereocenters. The zero-order valence-corrected chi connectivity index (χ0v) is 29.8. The van der Waals surface area contributed by atoms with Gasteiger partial charge in [-0.25, -0.2) is 0 Å². The molecule has 0 aromatic heterocycles. The average Bonchev–Trinajstić information content (AvgIpc) is 3.18. The zero-order valence-electron chi connectivity index (χ0n) is 28.3. The zero-order chi connectivity index (χ0) is 36.5. The van der Waals surface area contributed by atoms with Crippen molar-refractivity contribution < 1.29 is 23.9 Å². The van der Waals surface area contributed by atoms with Gasteiger partial charge in [0.15, 0.2) is 0 Å². The Labute approximate surface area is 310 Å². The van der Waals surface area contributed by atoms with Crippen LogP contribution in [0, 0.1) is 0 Å². The summed E-state index contributed by atoms with van der Waals surface area (Å²) in [5.41, 5.74) is 2.99. The van der Waals surface area contributed by atoms with Gasteiger partial charge in [0, 0.05) is 22.2 Å². The van der Waals surface area contributed by atoms with Gasteiger partial charge in [-0.2, -0.15) is 0 Å². The number of methoxy groups -OCH3 is 2. The quantitative estimate of drug-likeness (QED) is 0.0857. The van der Waals surface area contributed by atoms with Crippen molar-refractivity contribution in [1.29, 1.82) is 0 Å². The highest BCUT2D eigenvalue weighted by atomic mass is 35.5. The number of amides is 3. The molecule has 0 aliphatic rings. The molecule has 0 spiro atoms. The Morgan fingerprint density at radius 2 is 1.37 bits per heavy atom. The van der Waals surface area contributed by atoms with Crippen molar-refractivity contribution in [3.05, 3.63) is 167 Å². The van der Waals surface area contributed by atoms with Crippen molar-refractivity contribution >= 4 is 69.3 Å². The van der Waals surface area contributed by atoms with Crippen molar-refractivity contribution in [2.75, 3.05) is 24.9 Å². The maximum Gasteiger partial charge on any atom is 0.272 e. The normalized spacial score (nSPS) is 11.7. The lowest BCUT2D eigenvalue weighted by atomic mass is 10.0. The van der Waals surface area contributed by atoms with Gasteiger partial charge in [0.25, 0.3) is 11.8 Å². The van der Waals surface area contributed by atoms with E-state index in [1.54, 1.807) is 54.6 Å². The molecule has 0 saturated carbocycles. The van der Waals surface area contributed by atoms with Crippen LogP contribution in [0.3, 0.4) is 0 Å². The Morgan fingerprint density at radius 1 is 0.712 bits per heavy atom. The van der Waals surface area contributed by atoms with E-state index in [1.165, 1.54) is 26.0 Å². The molecule has 0 fully saturated rings. The number of ether oxygens (including phenoxy) is 2. The van der Waals surface area contributed by atoms with Gasteiger partial charge in [0.2, 0.25) is 5.91 Å². The fourth-order valence-electron chi connectivity index (χ4n) is 5.48. The summed E-state index contributed by atoms with van der Waals surface area (Å²) in [5, 5.41) is 10.3. The fraction of sp³-hybridized carbons (Fsp3) is 0.0714. The van der Waals surface area contributed by atoms with E-state index in [9.17, 15) is 14.4 Å². The van der Waals surface area contributed by atoms with Crippen molar-refractivity contribution in [2.45, 2.75) is 10.1 Å². The Balaban J connectivity index is 1.23. The number of fused-ring (bicyclic) bond motifs is 1. The van der Waals surface area contributed by atoms with Crippen molar-refractivity contribution in [1.82, 2.24) is 5.32 Å². The largest absolute Gasteiger partial charge is 0.495 e. The second-order valence-corrected chi connectivity index (χ2v) is 13.1. The van der Waals surface area contributed by atoms with E-state index in [4.69, 9.17) is 21.1 Å². The topological polar surface area (TPSA) is 106 Å². The van der Waals surface area contributed by atoms with Gasteiger partial charge in [-0.3, -0.25) is 14.4 Å². The highest BCUT2D eigenvalue weighted by Gasteiger charge is 2.24. The minimum absolute atomic E-state index is 0.0820. The van der Waals surface area contributed by atoms with Crippen molar-refractivity contribution in [3.8, 4) is 11.5 Å². The SMILES string of the molecule is COc1cc(OC)c(NC(=O)C(Sc2ccc(NC(=O)/C(=C/c3cccc4ccccc34)NC(=O)c3ccccc3)cc2)c2ccccc2)cc1Cl. The first-order chi connectivity index (χ1) is 25.3. The monoisotopic (exact) mass is 727 g/mol. The highest BCUT2D eigenvalue weighted by molar-refractivity contribution is 8.00. The molecule has 52 heavy (non-hydrogen) atoms. The molecule has 0 aliphatic carbocycles. The predicted molar refractivity (Wildman–Crippen MR) is 209 cm³/mol. The maximum absolute atomic E-state index is 13.8. The van der Waals surface area contributed by atoms with Crippen LogP contribution in [0.5, 0.6) is 11.5 Å². The minimum atomic E-state index is -0.643. The first-order valence-electron chi connectivity index (χ1n) is 16.2. The minimum Gasteiger partial charge on any atom is -0.495 e. The van der Waals surface area contributed by atoms with Crippen LogP contribution in [0.2, 0.25) is 5.02 Å². The second-order valence-electron chi connectivity index (χ2n) is 11.5. The molecule has 0 saturated heterocycles. The summed E-state index contributed by atoms with van der Waals surface area (Å²) in [6.45, 7) is 0. The summed E-state index contributed by atoms with van der Waals surface area (Å²) in [6.07, 6.45) is 1.68. The third-order valence-corrected chi connectivity index (χ3v) is 9.65. The second kappa shape index (κ2) is 16.8. The Bertz CT molecular complexity index is 2240. The number of benzene rings is 6. The third-order valence-electron chi connectivity index (χ3n) is 8.09. The van der Waals surface area contributed by atoms with Crippen LogP contribution in [0.4, 0.5) is 11.4 Å². The van der Waals surface area contributed by atoms with Crippen molar-refractivity contribution in [2.24, 2.45) is 0 Å². The van der Waals surface area contributed by atoms with Gasteiger partial charge in [-0.15, -0.1) is 11.8 Å². The summed E-state index contributed by atoms with van der Waals surface area (Å²) in [4.78, 5) is 41.5. The van der Waals surface area contributed by atoms with Gasteiger partial charge in [-0.05, 0) is 70.4 Å². The standard InChI is InChI=1S/C42H34ClN3O5S/c1-50-37-26-38(51-2)35(25-34(37)43)45-42(49)39(28-13-5-3-6-14-28)52-32-22-20-31(21-23-32)44-41(48)36(46-40(47)29-15-7-4-8-16-29)24-30-18-11-17-27-12-9-10-19-33(27)30/h3-26,39H,1-2H3,(H,44,48)(H,45,49)(H,46,47)/b36-24-. The molecule has 10 heteroatoms. The van der Waals surface area contributed by atoms with E-state index in [2.05, 4.69) is 16.0 Å². The van der Waals surface area contributed by atoms with Crippen LogP contribution in [0.25, 0.3) is 16.8 Å². The van der Waals surface area contributed by atoms with E-state index >= 15 is 0 Å². The van der Waals surface area contributed by atoms with Crippen LogP contribution >= 0.6 is 23.4 Å². The molecule has 3 N–H and O–H groups in total. The molecule has 0 heterocycles. The first-order valence-corrected chi connectivity index (χ1v) is 17.5. The molecular weight excluding hydrogens is 694 g/mol. The molecule has 6 rings (SSSR count). The Morgan fingerprint density at radius 3 is 2.08 bits per heavy atom. The summed E-state index contributed by atoms with van der Waals surface area (Å²) in [5.74, 6) is -0.363. The van der Waals surface area contributed by atoms with Gasteiger partial charge in [0.1, 0.15) is 22.4 Å². The smallest absolute Gasteiger partial charge is 0.272 e. The van der Waals surface area contributed by atoms with Gasteiger partial charge >= 0.3 is 0 Å². The molecule has 0 radical (unpaired) electrons. The van der Waals surface area contributed by atoms with Crippen LogP contribution in [-0.2, 0) is 9.59 Å². The van der Waals surface area contributed by atoms with E-state index in [0.29, 0.717) is 33.5 Å². The molecule has 0 aliphatic heterocycles. The number of carbonyl (C=O) groups is 3. The highest BCUT2D eigenvalue weighted by Crippen LogP contribution is 2.40. The van der Waals surface area contributed by atoms with Crippen molar-refractivity contribution in [3.63, 3.8) is 0 Å². The lowest BCUT2D eigenvalue weighted by Crippen LogP contribution is -2.30. The molecule has 6 aromatic rings. The number of carbonyl (C=O) groups excluding carboxylic acids is 3. The molecule has 6 aromatic carbocycles. The molecule has 1 atom stereocenters. The Kier molecular flexibility index (Phi) is 11.6. The van der Waals surface area contributed by atoms with Crippen LogP contribution < -0.4 is 25.4 Å². The van der Waals surface area contributed by atoms with Gasteiger partial charge in [-0.1, -0.05) is 103 Å². The lowest BCUT2D eigenvalue weighted by Gasteiger charge is -2.19. The maximum atomic E-state index is 13.8. The molecule has 3 amide bonds. The summed E-state index contributed by atoms with van der Waals surface area (Å²) < 4.78 is 10.8. The van der Waals surface area contributed by atoms with Gasteiger partial charge < -0.3 is 25.4 Å². The predicted octanol–water partition coefficient (Wildman–Crippen LogP) is 9.39. The lowest BCUT2D eigenvalue weighted by molar-refractivity contribution is -0.116.